The van der Waals surface area contributed by atoms with E-state index in [-0.39, 0.29) is 6.54 Å². The van der Waals surface area contributed by atoms with E-state index in [2.05, 4.69) is 5.32 Å². The Kier molecular flexibility index (Phi) is 4.11. The van der Waals surface area contributed by atoms with Crippen molar-refractivity contribution >= 4 is 0 Å². The first-order chi connectivity index (χ1) is 7.04. The van der Waals surface area contributed by atoms with E-state index in [1.165, 1.54) is 0 Å². The van der Waals surface area contributed by atoms with Gasteiger partial charge < -0.3 is 11.1 Å². The van der Waals surface area contributed by atoms with Crippen LogP contribution < -0.4 is 11.1 Å². The van der Waals surface area contributed by atoms with Gasteiger partial charge in [0.05, 0.1) is 0 Å². The predicted molar refractivity (Wildman–Crippen MR) is 52.2 cm³/mol. The maximum atomic E-state index is 12.3. The van der Waals surface area contributed by atoms with E-state index in [4.69, 9.17) is 5.73 Å². The average Bonchev–Trinajstić information content (AvgIpc) is 2.18. The Labute approximate surface area is 86.3 Å². The Morgan fingerprint density at radius 1 is 1.20 bits per heavy atom. The highest BCUT2D eigenvalue weighted by atomic mass is 19.4. The molecule has 0 radical (unpaired) electrons. The fourth-order valence-electron chi connectivity index (χ4n) is 1.17. The molecule has 1 unspecified atom stereocenters. The Hall–Kier alpha value is -1.07. The number of rotatable bonds is 4. The lowest BCUT2D eigenvalue weighted by Crippen LogP contribution is -2.47. The molecule has 0 aromatic heterocycles. The van der Waals surface area contributed by atoms with Crippen LogP contribution in [-0.2, 0) is 6.54 Å². The van der Waals surface area contributed by atoms with Crippen LogP contribution in [0.4, 0.5) is 13.2 Å². The minimum Gasteiger partial charge on any atom is -0.329 e. The van der Waals surface area contributed by atoms with Gasteiger partial charge in [-0.15, -0.1) is 0 Å². The van der Waals surface area contributed by atoms with Gasteiger partial charge in [-0.2, -0.15) is 13.2 Å². The van der Waals surface area contributed by atoms with Gasteiger partial charge in [0.25, 0.3) is 0 Å². The average molecular weight is 218 g/mol. The van der Waals surface area contributed by atoms with Crippen LogP contribution in [0.1, 0.15) is 5.56 Å². The van der Waals surface area contributed by atoms with Gasteiger partial charge in [-0.3, -0.25) is 0 Å². The molecule has 0 aliphatic heterocycles. The summed E-state index contributed by atoms with van der Waals surface area (Å²) in [7, 11) is 0. The molecular formula is C10H13F3N2. The molecule has 0 aliphatic carbocycles. The Bertz CT molecular complexity index is 284. The summed E-state index contributed by atoms with van der Waals surface area (Å²) in [5.41, 5.74) is 5.85. The van der Waals surface area contributed by atoms with Crippen molar-refractivity contribution in [2.45, 2.75) is 18.8 Å². The molecule has 5 heteroatoms. The summed E-state index contributed by atoms with van der Waals surface area (Å²) in [5.74, 6) is 0. The van der Waals surface area contributed by atoms with Crippen molar-refractivity contribution in [2.75, 3.05) is 6.54 Å². The summed E-state index contributed by atoms with van der Waals surface area (Å²) in [5, 5.41) is 2.38. The van der Waals surface area contributed by atoms with E-state index in [0.29, 0.717) is 0 Å². The Morgan fingerprint density at radius 2 is 1.80 bits per heavy atom. The molecule has 3 N–H and O–H groups in total. The van der Waals surface area contributed by atoms with Crippen molar-refractivity contribution in [1.82, 2.24) is 5.32 Å². The first-order valence-electron chi connectivity index (χ1n) is 4.58. The van der Waals surface area contributed by atoms with Crippen LogP contribution in [0.5, 0.6) is 0 Å². The van der Waals surface area contributed by atoms with E-state index in [1.807, 2.05) is 6.07 Å². The van der Waals surface area contributed by atoms with Crippen LogP contribution in [0.25, 0.3) is 0 Å². The lowest BCUT2D eigenvalue weighted by atomic mass is 10.2. The number of hydrogen-bond acceptors (Lipinski definition) is 2. The van der Waals surface area contributed by atoms with Crippen molar-refractivity contribution in [3.05, 3.63) is 35.9 Å². The second-order valence-corrected chi connectivity index (χ2v) is 3.20. The van der Waals surface area contributed by atoms with Crippen LogP contribution in [0.15, 0.2) is 30.3 Å². The third kappa shape index (κ3) is 3.89. The number of nitrogens with two attached hydrogens (primary N) is 1. The van der Waals surface area contributed by atoms with Gasteiger partial charge in [0.1, 0.15) is 6.04 Å². The summed E-state index contributed by atoms with van der Waals surface area (Å²) in [4.78, 5) is 0. The highest BCUT2D eigenvalue weighted by molar-refractivity contribution is 5.14. The van der Waals surface area contributed by atoms with Gasteiger partial charge in [0.15, 0.2) is 0 Å². The highest BCUT2D eigenvalue weighted by Gasteiger charge is 2.37. The van der Waals surface area contributed by atoms with Crippen LogP contribution in [-0.4, -0.2) is 18.8 Å². The molecule has 1 atom stereocenters. The van der Waals surface area contributed by atoms with Crippen molar-refractivity contribution in [1.29, 1.82) is 0 Å². The fraction of sp³-hybridized carbons (Fsp3) is 0.400. The molecule has 0 bridgehead atoms. The van der Waals surface area contributed by atoms with E-state index < -0.39 is 18.8 Å². The quantitative estimate of drug-likeness (QED) is 0.806. The maximum absolute atomic E-state index is 12.3. The first-order valence-corrected chi connectivity index (χ1v) is 4.58. The maximum Gasteiger partial charge on any atom is 0.405 e. The second kappa shape index (κ2) is 5.14. The third-order valence-electron chi connectivity index (χ3n) is 2.03. The molecule has 1 rings (SSSR count). The molecule has 0 aliphatic rings. The van der Waals surface area contributed by atoms with Crippen LogP contribution in [0, 0.1) is 0 Å². The third-order valence-corrected chi connectivity index (χ3v) is 2.03. The Morgan fingerprint density at radius 3 is 2.27 bits per heavy atom. The predicted octanol–water partition coefficient (Wildman–Crippen LogP) is 1.67. The van der Waals surface area contributed by atoms with Crippen LogP contribution in [0.2, 0.25) is 0 Å². The van der Waals surface area contributed by atoms with E-state index in [1.54, 1.807) is 24.3 Å². The van der Waals surface area contributed by atoms with Gasteiger partial charge in [-0.1, -0.05) is 30.3 Å². The van der Waals surface area contributed by atoms with Gasteiger partial charge in [0.2, 0.25) is 0 Å². The highest BCUT2D eigenvalue weighted by Crippen LogP contribution is 2.19. The van der Waals surface area contributed by atoms with Crippen molar-refractivity contribution < 1.29 is 13.2 Å². The monoisotopic (exact) mass is 218 g/mol. The molecule has 0 amide bonds. The second-order valence-electron chi connectivity index (χ2n) is 3.20. The fourth-order valence-corrected chi connectivity index (χ4v) is 1.17. The minimum absolute atomic E-state index is 0.169. The topological polar surface area (TPSA) is 38.0 Å². The molecule has 0 fully saturated rings. The lowest BCUT2D eigenvalue weighted by molar-refractivity contribution is -0.153. The SMILES string of the molecule is NCC(NCc1ccccc1)C(F)(F)F. The van der Waals surface area contributed by atoms with Gasteiger partial charge in [-0.25, -0.2) is 0 Å². The largest absolute Gasteiger partial charge is 0.405 e. The summed E-state index contributed by atoms with van der Waals surface area (Å²) < 4.78 is 36.8. The van der Waals surface area contributed by atoms with Crippen molar-refractivity contribution in [2.24, 2.45) is 5.73 Å². The lowest BCUT2D eigenvalue weighted by Gasteiger charge is -2.19. The number of halogens is 3. The van der Waals surface area contributed by atoms with Crippen molar-refractivity contribution in [3.8, 4) is 0 Å². The van der Waals surface area contributed by atoms with Crippen LogP contribution >= 0.6 is 0 Å². The standard InChI is InChI=1S/C10H13F3N2/c11-10(12,13)9(6-14)15-7-8-4-2-1-3-5-8/h1-5,9,15H,6-7,14H2. The van der Waals surface area contributed by atoms with E-state index in [9.17, 15) is 13.2 Å². The van der Waals surface area contributed by atoms with E-state index >= 15 is 0 Å². The number of alkyl halides is 3. The summed E-state index contributed by atoms with van der Waals surface area (Å²) in [6, 6.07) is 7.25. The molecule has 0 heterocycles. The van der Waals surface area contributed by atoms with Gasteiger partial charge in [-0.05, 0) is 5.56 Å². The van der Waals surface area contributed by atoms with Crippen molar-refractivity contribution in [3.63, 3.8) is 0 Å². The summed E-state index contributed by atoms with van der Waals surface area (Å²) in [6.45, 7) is -0.279. The van der Waals surface area contributed by atoms with E-state index in [0.717, 1.165) is 5.56 Å². The first kappa shape index (κ1) is 12.0. The Balaban J connectivity index is 2.49. The van der Waals surface area contributed by atoms with Gasteiger partial charge in [0, 0.05) is 13.1 Å². The molecular weight excluding hydrogens is 205 g/mol. The molecule has 15 heavy (non-hydrogen) atoms. The zero-order chi connectivity index (χ0) is 11.3. The summed E-state index contributed by atoms with van der Waals surface area (Å²) >= 11 is 0. The number of benzene rings is 1. The van der Waals surface area contributed by atoms with Crippen LogP contribution in [0.3, 0.4) is 0 Å². The normalized spacial score (nSPS) is 13.9. The number of nitrogens with one attached hydrogen (secondary N) is 1. The molecule has 1 aromatic rings. The number of hydrogen-bond donors (Lipinski definition) is 2. The molecule has 1 aromatic carbocycles. The molecule has 0 spiro atoms. The minimum atomic E-state index is -4.29. The zero-order valence-corrected chi connectivity index (χ0v) is 8.09. The molecule has 0 saturated heterocycles. The molecule has 84 valence electrons. The molecule has 0 saturated carbocycles. The smallest absolute Gasteiger partial charge is 0.329 e. The van der Waals surface area contributed by atoms with Gasteiger partial charge >= 0.3 is 6.18 Å². The zero-order valence-electron chi connectivity index (χ0n) is 8.09. The molecule has 2 nitrogen and oxygen atoms in total. The summed E-state index contributed by atoms with van der Waals surface area (Å²) in [6.07, 6.45) is -4.29.